The number of nitrogens with zero attached hydrogens (tertiary/aromatic N) is 1. The van der Waals surface area contributed by atoms with E-state index in [-0.39, 0.29) is 23.2 Å². The number of rotatable bonds is 1. The smallest absolute Gasteiger partial charge is 0.237 e. The van der Waals surface area contributed by atoms with E-state index in [2.05, 4.69) is 0 Å². The van der Waals surface area contributed by atoms with Gasteiger partial charge in [-0.3, -0.25) is 9.59 Å². The molecule has 2 N–H and O–H groups in total. The number of amides is 2. The predicted molar refractivity (Wildman–Crippen MR) is 68.7 cm³/mol. The van der Waals surface area contributed by atoms with Crippen LogP contribution in [-0.4, -0.2) is 11.8 Å². The zero-order valence-electron chi connectivity index (χ0n) is 10.7. The molecule has 3 rings (SSSR count). The van der Waals surface area contributed by atoms with Gasteiger partial charge in [-0.2, -0.15) is 0 Å². The standard InChI is InChI=1S/C14H14F2N2O2/c15-9-5-10(16)12(6-11(9)17)18-13(19)7-3-1-2-4-8(7)14(18)20/h5-8H,1-4,17H2. The van der Waals surface area contributed by atoms with Crippen molar-refractivity contribution in [2.24, 2.45) is 11.8 Å². The first-order valence-corrected chi connectivity index (χ1v) is 6.63. The van der Waals surface area contributed by atoms with E-state index in [1.54, 1.807) is 0 Å². The first kappa shape index (κ1) is 13.0. The van der Waals surface area contributed by atoms with Crippen LogP contribution in [0.25, 0.3) is 0 Å². The Morgan fingerprint density at radius 2 is 1.55 bits per heavy atom. The summed E-state index contributed by atoms with van der Waals surface area (Å²) in [6.07, 6.45) is 3.07. The lowest BCUT2D eigenvalue weighted by molar-refractivity contribution is -0.122. The van der Waals surface area contributed by atoms with Crippen LogP contribution in [0.5, 0.6) is 0 Å². The van der Waals surface area contributed by atoms with Crippen LogP contribution in [0.3, 0.4) is 0 Å². The number of nitrogen functional groups attached to an aromatic ring is 1. The summed E-state index contributed by atoms with van der Waals surface area (Å²) in [6, 6.07) is 1.62. The van der Waals surface area contributed by atoms with Crippen LogP contribution in [0.1, 0.15) is 25.7 Å². The maximum Gasteiger partial charge on any atom is 0.237 e. The quantitative estimate of drug-likeness (QED) is 0.633. The van der Waals surface area contributed by atoms with Gasteiger partial charge in [-0.15, -0.1) is 0 Å². The zero-order chi connectivity index (χ0) is 14.4. The lowest BCUT2D eigenvalue weighted by atomic mass is 9.81. The van der Waals surface area contributed by atoms with Crippen molar-refractivity contribution in [1.82, 2.24) is 0 Å². The summed E-state index contributed by atoms with van der Waals surface area (Å²) < 4.78 is 27.0. The minimum absolute atomic E-state index is 0.242. The van der Waals surface area contributed by atoms with Crippen LogP contribution in [0.4, 0.5) is 20.2 Å². The van der Waals surface area contributed by atoms with Gasteiger partial charge in [-0.05, 0) is 18.9 Å². The Kier molecular flexibility index (Phi) is 2.96. The monoisotopic (exact) mass is 280 g/mol. The zero-order valence-corrected chi connectivity index (χ0v) is 10.7. The third-order valence-corrected chi connectivity index (χ3v) is 4.15. The van der Waals surface area contributed by atoms with Gasteiger partial charge in [-0.1, -0.05) is 12.8 Å². The Morgan fingerprint density at radius 1 is 1.00 bits per heavy atom. The molecule has 1 heterocycles. The Bertz CT molecular complexity index is 579. The van der Waals surface area contributed by atoms with Gasteiger partial charge >= 0.3 is 0 Å². The van der Waals surface area contributed by atoms with Crippen LogP contribution < -0.4 is 10.6 Å². The topological polar surface area (TPSA) is 63.4 Å². The van der Waals surface area contributed by atoms with Crippen molar-refractivity contribution in [3.63, 3.8) is 0 Å². The maximum absolute atomic E-state index is 13.9. The van der Waals surface area contributed by atoms with E-state index in [4.69, 9.17) is 5.73 Å². The molecule has 1 aromatic carbocycles. The first-order chi connectivity index (χ1) is 9.50. The first-order valence-electron chi connectivity index (χ1n) is 6.63. The van der Waals surface area contributed by atoms with Gasteiger partial charge in [0, 0.05) is 6.07 Å². The van der Waals surface area contributed by atoms with Crippen LogP contribution >= 0.6 is 0 Å². The number of carbonyl (C=O) groups excluding carboxylic acids is 2. The van der Waals surface area contributed by atoms with Crippen molar-refractivity contribution in [2.45, 2.75) is 25.7 Å². The normalized spacial score (nSPS) is 26.0. The summed E-state index contributed by atoms with van der Waals surface area (Å²) in [6.45, 7) is 0. The largest absolute Gasteiger partial charge is 0.396 e. The number of halogens is 2. The molecule has 0 radical (unpaired) electrons. The number of benzene rings is 1. The molecule has 106 valence electrons. The van der Waals surface area contributed by atoms with Crippen molar-refractivity contribution in [3.05, 3.63) is 23.8 Å². The van der Waals surface area contributed by atoms with Crippen LogP contribution in [-0.2, 0) is 9.59 Å². The average molecular weight is 280 g/mol. The summed E-state index contributed by atoms with van der Waals surface area (Å²) in [5.41, 5.74) is 4.88. The fourth-order valence-electron chi connectivity index (χ4n) is 3.12. The second-order valence-electron chi connectivity index (χ2n) is 5.33. The van der Waals surface area contributed by atoms with E-state index < -0.39 is 23.4 Å². The summed E-state index contributed by atoms with van der Waals surface area (Å²) in [5.74, 6) is -3.39. The second kappa shape index (κ2) is 4.54. The van der Waals surface area contributed by atoms with Crippen LogP contribution in [0.2, 0.25) is 0 Å². The number of hydrogen-bond donors (Lipinski definition) is 1. The van der Waals surface area contributed by atoms with Crippen LogP contribution in [0, 0.1) is 23.5 Å². The highest BCUT2D eigenvalue weighted by Gasteiger charge is 2.49. The Hall–Kier alpha value is -1.98. The fraction of sp³-hybridized carbons (Fsp3) is 0.429. The summed E-state index contributed by atoms with van der Waals surface area (Å²) in [4.78, 5) is 25.4. The minimum atomic E-state index is -0.947. The molecule has 20 heavy (non-hydrogen) atoms. The number of carbonyl (C=O) groups is 2. The molecule has 2 fully saturated rings. The van der Waals surface area contributed by atoms with Gasteiger partial charge in [0.25, 0.3) is 0 Å². The maximum atomic E-state index is 13.9. The average Bonchev–Trinajstić information content (AvgIpc) is 2.68. The molecule has 0 aromatic heterocycles. The summed E-state index contributed by atoms with van der Waals surface area (Å²) in [5, 5.41) is 0. The second-order valence-corrected chi connectivity index (χ2v) is 5.33. The van der Waals surface area contributed by atoms with Crippen LogP contribution in [0.15, 0.2) is 12.1 Å². The van der Waals surface area contributed by atoms with Crippen molar-refractivity contribution in [1.29, 1.82) is 0 Å². The van der Waals surface area contributed by atoms with E-state index in [1.165, 1.54) is 0 Å². The molecule has 2 aliphatic rings. The van der Waals surface area contributed by atoms with Gasteiger partial charge < -0.3 is 5.73 Å². The summed E-state index contributed by atoms with van der Waals surface area (Å²) in [7, 11) is 0. The van der Waals surface area contributed by atoms with E-state index in [1.807, 2.05) is 0 Å². The molecule has 1 aromatic rings. The molecule has 1 saturated heterocycles. The van der Waals surface area contributed by atoms with E-state index in [9.17, 15) is 18.4 Å². The predicted octanol–water partition coefficient (Wildman–Crippen LogP) is 2.23. The molecule has 2 atom stereocenters. The van der Waals surface area contributed by atoms with Gasteiger partial charge in [0.15, 0.2) is 0 Å². The fourth-order valence-corrected chi connectivity index (χ4v) is 3.12. The van der Waals surface area contributed by atoms with Gasteiger partial charge in [0.05, 0.1) is 23.2 Å². The molecular formula is C14H14F2N2O2. The van der Waals surface area contributed by atoms with Gasteiger partial charge in [0.2, 0.25) is 11.8 Å². The Balaban J connectivity index is 2.04. The molecule has 1 saturated carbocycles. The Labute approximate surface area is 114 Å². The number of hydrogen-bond acceptors (Lipinski definition) is 3. The molecule has 2 amide bonds. The minimum Gasteiger partial charge on any atom is -0.396 e. The van der Waals surface area contributed by atoms with Crippen molar-refractivity contribution in [2.75, 3.05) is 10.6 Å². The van der Waals surface area contributed by atoms with Gasteiger partial charge in [-0.25, -0.2) is 13.7 Å². The summed E-state index contributed by atoms with van der Waals surface area (Å²) >= 11 is 0. The third kappa shape index (κ3) is 1.78. The lowest BCUT2D eigenvalue weighted by Gasteiger charge is -2.19. The highest BCUT2D eigenvalue weighted by Crippen LogP contribution is 2.41. The van der Waals surface area contributed by atoms with Crippen molar-refractivity contribution < 1.29 is 18.4 Å². The molecule has 4 nitrogen and oxygen atoms in total. The highest BCUT2D eigenvalue weighted by molar-refractivity contribution is 6.22. The van der Waals surface area contributed by atoms with Gasteiger partial charge in [0.1, 0.15) is 11.6 Å². The lowest BCUT2D eigenvalue weighted by Crippen LogP contribution is -2.31. The molecule has 1 aliphatic heterocycles. The number of imide groups is 1. The SMILES string of the molecule is Nc1cc(N2C(=O)C3CCCCC3C2=O)c(F)cc1F. The van der Waals surface area contributed by atoms with Crippen molar-refractivity contribution in [3.8, 4) is 0 Å². The van der Waals surface area contributed by atoms with E-state index in [0.29, 0.717) is 18.9 Å². The molecular weight excluding hydrogens is 266 g/mol. The van der Waals surface area contributed by atoms with E-state index >= 15 is 0 Å². The third-order valence-electron chi connectivity index (χ3n) is 4.15. The number of anilines is 2. The highest BCUT2D eigenvalue weighted by atomic mass is 19.1. The molecule has 0 spiro atoms. The number of nitrogens with two attached hydrogens (primary N) is 1. The molecule has 2 unspecified atom stereocenters. The van der Waals surface area contributed by atoms with E-state index in [0.717, 1.165) is 23.8 Å². The molecule has 6 heteroatoms. The Morgan fingerprint density at radius 3 is 2.10 bits per heavy atom. The van der Waals surface area contributed by atoms with Crippen molar-refractivity contribution >= 4 is 23.2 Å². The number of fused-ring (bicyclic) bond motifs is 1. The molecule has 1 aliphatic carbocycles. The molecule has 0 bridgehead atoms.